The second-order valence-electron chi connectivity index (χ2n) is 5.37. The number of carbonyl (C=O) groups excluding carboxylic acids is 1. The zero-order chi connectivity index (χ0) is 16.6. The molecule has 0 N–H and O–H groups in total. The highest BCUT2D eigenvalue weighted by atomic mass is 16.5. The van der Waals surface area contributed by atoms with E-state index in [0.29, 0.717) is 5.56 Å². The van der Waals surface area contributed by atoms with Crippen LogP contribution < -0.4 is 0 Å². The first-order valence-corrected chi connectivity index (χ1v) is 7.87. The molecule has 0 aliphatic rings. The Hall–Kier alpha value is -3.13. The Labute approximate surface area is 142 Å². The van der Waals surface area contributed by atoms with Gasteiger partial charge in [-0.25, -0.2) is 4.79 Å². The molecule has 1 atom stereocenters. The summed E-state index contributed by atoms with van der Waals surface area (Å²) in [6.45, 7) is 0. The molecule has 0 fully saturated rings. The molecule has 118 valence electrons. The maximum Gasteiger partial charge on any atom is 0.339 e. The molecular weight excluding hydrogens is 296 g/mol. The molecule has 24 heavy (non-hydrogen) atoms. The van der Waals surface area contributed by atoms with E-state index in [1.807, 2.05) is 91.0 Å². The lowest BCUT2D eigenvalue weighted by molar-refractivity contribution is 0.0393. The lowest BCUT2D eigenvalue weighted by atomic mass is 10.1. The van der Waals surface area contributed by atoms with Crippen molar-refractivity contribution in [1.82, 2.24) is 0 Å². The molecule has 3 aromatic carbocycles. The molecule has 2 heteroatoms. The Bertz CT molecular complexity index is 793. The Kier molecular flexibility index (Phi) is 5.21. The van der Waals surface area contributed by atoms with Crippen LogP contribution in [0.2, 0.25) is 0 Å². The largest absolute Gasteiger partial charge is 0.450 e. The molecule has 0 spiro atoms. The number of rotatable bonds is 5. The third kappa shape index (κ3) is 4.20. The molecule has 0 saturated heterocycles. The van der Waals surface area contributed by atoms with Gasteiger partial charge in [-0.2, -0.15) is 0 Å². The quantitative estimate of drug-likeness (QED) is 0.597. The molecule has 2 nitrogen and oxygen atoms in total. The van der Waals surface area contributed by atoms with Gasteiger partial charge in [-0.15, -0.1) is 0 Å². The fourth-order valence-corrected chi connectivity index (χ4v) is 2.38. The van der Waals surface area contributed by atoms with Gasteiger partial charge >= 0.3 is 5.97 Å². The average Bonchev–Trinajstić information content (AvgIpc) is 2.67. The molecule has 0 bridgehead atoms. The molecule has 3 aromatic rings. The summed E-state index contributed by atoms with van der Waals surface area (Å²) in [6, 6.07) is 28.7. The average molecular weight is 314 g/mol. The Morgan fingerprint density at radius 2 is 1.29 bits per heavy atom. The molecule has 0 saturated carbocycles. The van der Waals surface area contributed by atoms with Crippen molar-refractivity contribution in [2.45, 2.75) is 6.10 Å². The van der Waals surface area contributed by atoms with Crippen LogP contribution in [-0.2, 0) is 4.74 Å². The summed E-state index contributed by atoms with van der Waals surface area (Å²) in [6.07, 6.45) is 3.45. The Balaban J connectivity index is 1.83. The summed E-state index contributed by atoms with van der Waals surface area (Å²) >= 11 is 0. The van der Waals surface area contributed by atoms with Gasteiger partial charge in [0.2, 0.25) is 0 Å². The number of benzene rings is 3. The van der Waals surface area contributed by atoms with Crippen LogP contribution in [0.4, 0.5) is 0 Å². The number of hydrogen-bond donors (Lipinski definition) is 0. The van der Waals surface area contributed by atoms with Crippen molar-refractivity contribution in [2.24, 2.45) is 0 Å². The van der Waals surface area contributed by atoms with E-state index in [1.54, 1.807) is 12.1 Å². The molecule has 0 aliphatic carbocycles. The van der Waals surface area contributed by atoms with Crippen LogP contribution in [0.1, 0.15) is 27.6 Å². The van der Waals surface area contributed by atoms with Crippen molar-refractivity contribution < 1.29 is 9.53 Å². The van der Waals surface area contributed by atoms with Crippen LogP contribution in [0, 0.1) is 0 Å². The highest BCUT2D eigenvalue weighted by Gasteiger charge is 2.15. The third-order valence-corrected chi connectivity index (χ3v) is 3.63. The van der Waals surface area contributed by atoms with Crippen LogP contribution in [0.5, 0.6) is 0 Å². The first kappa shape index (κ1) is 15.8. The van der Waals surface area contributed by atoms with Crippen molar-refractivity contribution in [3.63, 3.8) is 0 Å². The van der Waals surface area contributed by atoms with Gasteiger partial charge in [-0.1, -0.05) is 84.9 Å². The zero-order valence-electron chi connectivity index (χ0n) is 13.2. The first-order valence-electron chi connectivity index (χ1n) is 7.87. The van der Waals surface area contributed by atoms with Crippen LogP contribution >= 0.6 is 0 Å². The second kappa shape index (κ2) is 7.93. The van der Waals surface area contributed by atoms with Crippen LogP contribution in [0.15, 0.2) is 97.1 Å². The first-order chi connectivity index (χ1) is 11.8. The highest BCUT2D eigenvalue weighted by Crippen LogP contribution is 2.22. The molecule has 0 unspecified atom stereocenters. The molecule has 0 aliphatic heterocycles. The summed E-state index contributed by atoms with van der Waals surface area (Å²) in [5, 5.41) is 0. The van der Waals surface area contributed by atoms with Crippen molar-refractivity contribution >= 4 is 12.0 Å². The summed E-state index contributed by atoms with van der Waals surface area (Å²) in [5.41, 5.74) is 2.55. The van der Waals surface area contributed by atoms with E-state index in [1.165, 1.54) is 0 Å². The van der Waals surface area contributed by atoms with Crippen LogP contribution in [-0.4, -0.2) is 5.97 Å². The fourth-order valence-electron chi connectivity index (χ4n) is 2.38. The van der Waals surface area contributed by atoms with Gasteiger partial charge < -0.3 is 4.74 Å². The van der Waals surface area contributed by atoms with E-state index in [-0.39, 0.29) is 5.97 Å². The zero-order valence-corrected chi connectivity index (χ0v) is 13.2. The number of esters is 1. The number of hydrogen-bond acceptors (Lipinski definition) is 2. The Morgan fingerprint density at radius 3 is 1.92 bits per heavy atom. The monoisotopic (exact) mass is 314 g/mol. The van der Waals surface area contributed by atoms with Crippen molar-refractivity contribution in [3.05, 3.63) is 114 Å². The summed E-state index contributed by atoms with van der Waals surface area (Å²) < 4.78 is 5.72. The van der Waals surface area contributed by atoms with Crippen molar-refractivity contribution in [2.75, 3.05) is 0 Å². The van der Waals surface area contributed by atoms with E-state index < -0.39 is 6.10 Å². The standard InChI is InChI=1S/C22H18O2/c23-22(20-14-8-3-9-15-20)24-21(19-12-6-2-7-13-19)17-16-18-10-4-1-5-11-18/h1-17,21H/b17-16+/t21-/m1/s1. The normalized spacial score (nSPS) is 12.0. The second-order valence-corrected chi connectivity index (χ2v) is 5.37. The van der Waals surface area contributed by atoms with Crippen LogP contribution in [0.3, 0.4) is 0 Å². The predicted molar refractivity (Wildman–Crippen MR) is 96.5 cm³/mol. The van der Waals surface area contributed by atoms with E-state index in [0.717, 1.165) is 11.1 Å². The molecule has 0 aromatic heterocycles. The van der Waals surface area contributed by atoms with Gasteiger partial charge in [0.1, 0.15) is 6.10 Å². The van der Waals surface area contributed by atoms with Gasteiger partial charge in [0.25, 0.3) is 0 Å². The highest BCUT2D eigenvalue weighted by molar-refractivity contribution is 5.89. The molecule has 0 amide bonds. The maximum atomic E-state index is 12.4. The van der Waals surface area contributed by atoms with Crippen molar-refractivity contribution in [1.29, 1.82) is 0 Å². The minimum absolute atomic E-state index is 0.331. The molecule has 3 rings (SSSR count). The maximum absolute atomic E-state index is 12.4. The summed E-state index contributed by atoms with van der Waals surface area (Å²) in [4.78, 5) is 12.4. The van der Waals surface area contributed by atoms with E-state index in [2.05, 4.69) is 0 Å². The van der Waals surface area contributed by atoms with E-state index >= 15 is 0 Å². The number of carbonyl (C=O) groups is 1. The van der Waals surface area contributed by atoms with Gasteiger partial charge in [-0.3, -0.25) is 0 Å². The van der Waals surface area contributed by atoms with E-state index in [9.17, 15) is 4.79 Å². The minimum atomic E-state index is -0.431. The fraction of sp³-hybridized carbons (Fsp3) is 0.0455. The van der Waals surface area contributed by atoms with Crippen LogP contribution in [0.25, 0.3) is 6.08 Å². The predicted octanol–water partition coefficient (Wildman–Crippen LogP) is 5.30. The summed E-state index contributed by atoms with van der Waals surface area (Å²) in [7, 11) is 0. The van der Waals surface area contributed by atoms with Gasteiger partial charge in [0.05, 0.1) is 5.56 Å². The van der Waals surface area contributed by atoms with Crippen molar-refractivity contribution in [3.8, 4) is 0 Å². The van der Waals surface area contributed by atoms with Gasteiger partial charge in [-0.05, 0) is 29.3 Å². The summed E-state index contributed by atoms with van der Waals surface area (Å²) in [5.74, 6) is -0.331. The lowest BCUT2D eigenvalue weighted by Gasteiger charge is -2.15. The molecular formula is C22H18O2. The molecule has 0 heterocycles. The SMILES string of the molecule is O=C(O[C@H](/C=C/c1ccccc1)c1ccccc1)c1ccccc1. The minimum Gasteiger partial charge on any atom is -0.450 e. The van der Waals surface area contributed by atoms with E-state index in [4.69, 9.17) is 4.74 Å². The number of ether oxygens (including phenoxy) is 1. The smallest absolute Gasteiger partial charge is 0.339 e. The third-order valence-electron chi connectivity index (χ3n) is 3.63. The Morgan fingerprint density at radius 1 is 0.750 bits per heavy atom. The molecule has 0 radical (unpaired) electrons. The van der Waals surface area contributed by atoms with Gasteiger partial charge in [0, 0.05) is 0 Å². The van der Waals surface area contributed by atoms with Gasteiger partial charge in [0.15, 0.2) is 0 Å². The topological polar surface area (TPSA) is 26.3 Å². The lowest BCUT2D eigenvalue weighted by Crippen LogP contribution is -2.10.